The fourth-order valence-electron chi connectivity index (χ4n) is 10.6. The van der Waals surface area contributed by atoms with Crippen LogP contribution in [-0.2, 0) is 18.4 Å². The Bertz CT molecular complexity index is 1230. The van der Waals surface area contributed by atoms with Crippen LogP contribution in [0.1, 0.15) is 322 Å². The van der Waals surface area contributed by atoms with E-state index in [4.69, 9.17) is 9.05 Å². The quantitative estimate of drug-likeness (QED) is 0.0212. The zero-order valence-electron chi connectivity index (χ0n) is 47.5. The van der Waals surface area contributed by atoms with Crippen LogP contribution in [0.3, 0.4) is 0 Å². The third-order valence-corrected chi connectivity index (χ3v) is 16.7. The molecule has 0 aromatic rings. The summed E-state index contributed by atoms with van der Waals surface area (Å²) < 4.78 is 23.1. The summed E-state index contributed by atoms with van der Waals surface area (Å²) in [5, 5.41) is 64.4. The average Bonchev–Trinajstić information content (AvgIpc) is 3.38. The molecule has 1 aliphatic rings. The molecule has 9 atom stereocenters. The number of carbonyl (C=O) groups is 1. The van der Waals surface area contributed by atoms with Crippen LogP contribution in [0.15, 0.2) is 0 Å². The van der Waals surface area contributed by atoms with E-state index in [1.807, 2.05) is 0 Å². The minimum Gasteiger partial charge on any atom is -0.391 e. The van der Waals surface area contributed by atoms with Crippen molar-refractivity contribution in [3.05, 3.63) is 0 Å². The summed E-state index contributed by atoms with van der Waals surface area (Å²) in [5.74, 6) is -0.301. The van der Waals surface area contributed by atoms with Gasteiger partial charge in [0, 0.05) is 6.42 Å². The van der Waals surface area contributed by atoms with E-state index in [-0.39, 0.29) is 12.3 Å². The lowest BCUT2D eigenvalue weighted by atomic mass is 9.85. The maximum Gasteiger partial charge on any atom is 0.472 e. The fraction of sp³-hybridized carbons (Fsp3) is 0.983. The van der Waals surface area contributed by atoms with Gasteiger partial charge >= 0.3 is 7.82 Å². The summed E-state index contributed by atoms with van der Waals surface area (Å²) in [4.78, 5) is 23.5. The lowest BCUT2D eigenvalue weighted by Gasteiger charge is -2.41. The van der Waals surface area contributed by atoms with Crippen molar-refractivity contribution in [1.82, 2.24) is 5.32 Å². The lowest BCUT2D eigenvalue weighted by Crippen LogP contribution is -2.64. The molecular formula is C60H120NO11P. The number of amides is 1. The number of unbranched alkanes of at least 4 members (excludes halogenated alkanes) is 44. The molecule has 1 fully saturated rings. The first kappa shape index (κ1) is 70.4. The molecule has 1 aliphatic carbocycles. The van der Waals surface area contributed by atoms with Crippen LogP contribution >= 0.6 is 7.82 Å². The summed E-state index contributed by atoms with van der Waals surface area (Å²) in [7, 11) is -5.06. The molecule has 13 heteroatoms. The summed E-state index contributed by atoms with van der Waals surface area (Å²) in [6.45, 7) is 3.92. The standard InChI is InChI=1S/C60H120NO11P/c1-3-5-7-9-11-13-15-16-17-18-19-20-21-22-23-24-25-26-27-28-29-30-31-32-33-34-35-36-37-38-40-42-44-46-48-50-54(63)61-52(53(62)49-47-45-43-41-39-14-12-10-8-6-4-2)51-71-73(69,70)72-60-58(67)56(65)55(64)57(66)59(60)68/h52-53,55-60,62,64-68H,3-51H2,1-2H3,(H,61,63)(H,69,70)/t52-,53+,55?,56+,57?,58?,59?,60?/m0/s1. The second-order valence-corrected chi connectivity index (χ2v) is 24.0. The van der Waals surface area contributed by atoms with E-state index in [1.54, 1.807) is 0 Å². The van der Waals surface area contributed by atoms with Gasteiger partial charge < -0.3 is 40.8 Å². The molecular weight excluding hydrogens is 942 g/mol. The minimum absolute atomic E-state index is 0.243. The van der Waals surface area contributed by atoms with Crippen molar-refractivity contribution in [2.75, 3.05) is 6.61 Å². The monoisotopic (exact) mass is 1060 g/mol. The summed E-state index contributed by atoms with van der Waals surface area (Å²) in [5.41, 5.74) is 0. The number of carbonyl (C=O) groups excluding carboxylic acids is 1. The van der Waals surface area contributed by atoms with Gasteiger partial charge in [0.05, 0.1) is 18.8 Å². The minimum atomic E-state index is -5.06. The van der Waals surface area contributed by atoms with Gasteiger partial charge in [-0.15, -0.1) is 0 Å². The van der Waals surface area contributed by atoms with E-state index in [0.717, 1.165) is 38.5 Å². The number of nitrogens with one attached hydrogen (secondary N) is 1. The molecule has 8 N–H and O–H groups in total. The van der Waals surface area contributed by atoms with Crippen LogP contribution in [0.4, 0.5) is 0 Å². The van der Waals surface area contributed by atoms with Gasteiger partial charge in [-0.3, -0.25) is 13.8 Å². The molecule has 1 amide bonds. The van der Waals surface area contributed by atoms with Gasteiger partial charge in [-0.1, -0.05) is 303 Å². The van der Waals surface area contributed by atoms with E-state index in [9.17, 15) is 44.9 Å². The molecule has 0 aromatic carbocycles. The number of phosphoric ester groups is 1. The van der Waals surface area contributed by atoms with Crippen molar-refractivity contribution in [2.45, 2.75) is 371 Å². The highest BCUT2D eigenvalue weighted by molar-refractivity contribution is 7.47. The largest absolute Gasteiger partial charge is 0.472 e. The fourth-order valence-corrected chi connectivity index (χ4v) is 11.6. The molecule has 6 unspecified atom stereocenters. The van der Waals surface area contributed by atoms with Crippen LogP contribution in [0.2, 0.25) is 0 Å². The molecule has 0 radical (unpaired) electrons. The molecule has 73 heavy (non-hydrogen) atoms. The second-order valence-electron chi connectivity index (χ2n) is 22.6. The predicted octanol–water partition coefficient (Wildman–Crippen LogP) is 14.9. The molecule has 12 nitrogen and oxygen atoms in total. The van der Waals surface area contributed by atoms with Gasteiger partial charge in [-0.05, 0) is 12.8 Å². The van der Waals surface area contributed by atoms with Crippen LogP contribution < -0.4 is 5.32 Å². The van der Waals surface area contributed by atoms with Crippen molar-refractivity contribution in [3.63, 3.8) is 0 Å². The van der Waals surface area contributed by atoms with E-state index in [2.05, 4.69) is 19.2 Å². The molecule has 1 saturated carbocycles. The zero-order valence-corrected chi connectivity index (χ0v) is 48.4. The molecule has 0 saturated heterocycles. The van der Waals surface area contributed by atoms with Gasteiger partial charge in [0.2, 0.25) is 5.91 Å². The number of hydrogen-bond donors (Lipinski definition) is 8. The first-order chi connectivity index (χ1) is 35.4. The van der Waals surface area contributed by atoms with Gasteiger partial charge in [-0.25, -0.2) is 4.57 Å². The number of aliphatic hydroxyl groups is 6. The summed E-state index contributed by atoms with van der Waals surface area (Å²) in [6, 6.07) is -1.03. The number of aliphatic hydroxyl groups excluding tert-OH is 6. The van der Waals surface area contributed by atoms with Gasteiger partial charge in [0.25, 0.3) is 0 Å². The van der Waals surface area contributed by atoms with Crippen LogP contribution in [0.5, 0.6) is 0 Å². The Morgan fingerprint density at radius 2 is 0.658 bits per heavy atom. The van der Waals surface area contributed by atoms with Gasteiger partial charge in [0.15, 0.2) is 0 Å². The van der Waals surface area contributed by atoms with E-state index in [0.29, 0.717) is 19.3 Å². The van der Waals surface area contributed by atoms with Crippen molar-refractivity contribution in [2.24, 2.45) is 0 Å². The first-order valence-electron chi connectivity index (χ1n) is 31.5. The smallest absolute Gasteiger partial charge is 0.391 e. The Kier molecular flexibility index (Phi) is 47.8. The Morgan fingerprint density at radius 1 is 0.411 bits per heavy atom. The Labute approximate surface area is 448 Å². The third-order valence-electron chi connectivity index (χ3n) is 15.7. The Hall–Kier alpha value is -0.660. The highest BCUT2D eigenvalue weighted by Crippen LogP contribution is 2.47. The van der Waals surface area contributed by atoms with Gasteiger partial charge in [0.1, 0.15) is 36.6 Å². The highest BCUT2D eigenvalue weighted by Gasteiger charge is 2.51. The maximum absolute atomic E-state index is 13.0. The van der Waals surface area contributed by atoms with Crippen LogP contribution in [-0.4, -0.2) is 96.8 Å². The highest BCUT2D eigenvalue weighted by atomic mass is 31.2. The molecule has 0 aromatic heterocycles. The number of phosphoric acid groups is 1. The lowest BCUT2D eigenvalue weighted by molar-refractivity contribution is -0.220. The van der Waals surface area contributed by atoms with E-state index in [1.165, 1.54) is 244 Å². The normalized spacial score (nSPS) is 20.8. The SMILES string of the molecule is CCCCCCCCCCCCCCCCCCCCCCCCCCCCCCCCCCCCCC(=O)N[C@@H](COP(=O)(O)OC1C(O)C(O)C(O)[C@@H](O)C1O)[C@H](O)CCCCCCCCCCCCC. The number of rotatable bonds is 55. The molecule has 436 valence electrons. The van der Waals surface area contributed by atoms with Crippen LogP contribution in [0, 0.1) is 0 Å². The summed E-state index contributed by atoms with van der Waals surface area (Å²) in [6.07, 6.45) is 47.7. The summed E-state index contributed by atoms with van der Waals surface area (Å²) >= 11 is 0. The second kappa shape index (κ2) is 49.6. The molecule has 1 rings (SSSR count). The van der Waals surface area contributed by atoms with Crippen molar-refractivity contribution in [1.29, 1.82) is 0 Å². The predicted molar refractivity (Wildman–Crippen MR) is 302 cm³/mol. The zero-order chi connectivity index (χ0) is 53.5. The van der Waals surface area contributed by atoms with E-state index < -0.39 is 63.2 Å². The van der Waals surface area contributed by atoms with Crippen molar-refractivity contribution < 1.29 is 53.9 Å². The average molecular weight is 1060 g/mol. The molecule has 0 spiro atoms. The molecule has 0 heterocycles. The molecule has 0 aliphatic heterocycles. The topological polar surface area (TPSA) is 206 Å². The van der Waals surface area contributed by atoms with Crippen molar-refractivity contribution in [3.8, 4) is 0 Å². The molecule has 0 bridgehead atoms. The van der Waals surface area contributed by atoms with Gasteiger partial charge in [-0.2, -0.15) is 0 Å². The first-order valence-corrected chi connectivity index (χ1v) is 33.0. The van der Waals surface area contributed by atoms with Crippen LogP contribution in [0.25, 0.3) is 0 Å². The van der Waals surface area contributed by atoms with Crippen molar-refractivity contribution >= 4 is 13.7 Å². The maximum atomic E-state index is 13.0. The Balaban J connectivity index is 2.11. The Morgan fingerprint density at radius 3 is 0.945 bits per heavy atom. The third kappa shape index (κ3) is 40.2. The van der Waals surface area contributed by atoms with E-state index >= 15 is 0 Å². The number of hydrogen-bond acceptors (Lipinski definition) is 10.